The Labute approximate surface area is 95.1 Å². The van der Waals surface area contributed by atoms with E-state index < -0.39 is 0 Å². The zero-order valence-corrected chi connectivity index (χ0v) is 9.57. The molecule has 2 aromatic rings. The summed E-state index contributed by atoms with van der Waals surface area (Å²) in [6.07, 6.45) is 3.46. The Morgan fingerprint density at radius 2 is 2.12 bits per heavy atom. The van der Waals surface area contributed by atoms with E-state index in [9.17, 15) is 0 Å². The Morgan fingerprint density at radius 3 is 2.88 bits per heavy atom. The van der Waals surface area contributed by atoms with Gasteiger partial charge in [0.15, 0.2) is 11.5 Å². The molecular weight excluding hydrogens is 200 g/mol. The molecule has 0 N–H and O–H groups in total. The molecule has 84 valence electrons. The summed E-state index contributed by atoms with van der Waals surface area (Å²) in [7, 11) is 0. The van der Waals surface area contributed by atoms with Crippen LogP contribution in [-0.2, 0) is 6.42 Å². The first kappa shape index (κ1) is 9.70. The van der Waals surface area contributed by atoms with E-state index in [0.717, 1.165) is 23.4 Å². The highest BCUT2D eigenvalue weighted by atomic mass is 16.3. The average Bonchev–Trinajstić information content (AvgIpc) is 2.96. The molecule has 1 aromatic carbocycles. The van der Waals surface area contributed by atoms with Gasteiger partial charge in [0.2, 0.25) is 0 Å². The fourth-order valence-electron chi connectivity index (χ4n) is 2.28. The van der Waals surface area contributed by atoms with Crippen LogP contribution in [0.4, 0.5) is 5.69 Å². The van der Waals surface area contributed by atoms with Crippen LogP contribution in [0.3, 0.4) is 0 Å². The standard InChI is InChI=1S/C13H16N2O/c1-2-13-14-11-6-5-10(9-12(11)16-13)15-7-3-4-8-15/h5-6,9H,2-4,7-8H2,1H3. The summed E-state index contributed by atoms with van der Waals surface area (Å²) >= 11 is 0. The minimum absolute atomic E-state index is 0.827. The molecule has 3 nitrogen and oxygen atoms in total. The Balaban J connectivity index is 2.00. The first-order valence-electron chi connectivity index (χ1n) is 6.01. The molecule has 0 atom stereocenters. The average molecular weight is 216 g/mol. The summed E-state index contributed by atoms with van der Waals surface area (Å²) in [5, 5.41) is 0. The molecule has 1 aliphatic heterocycles. The van der Waals surface area contributed by atoms with Crippen LogP contribution in [0.25, 0.3) is 11.1 Å². The number of aryl methyl sites for hydroxylation is 1. The van der Waals surface area contributed by atoms with Crippen molar-refractivity contribution in [3.05, 3.63) is 24.1 Å². The molecule has 0 radical (unpaired) electrons. The molecule has 0 bridgehead atoms. The minimum atomic E-state index is 0.827. The van der Waals surface area contributed by atoms with E-state index in [1.54, 1.807) is 0 Å². The van der Waals surface area contributed by atoms with Crippen LogP contribution in [0.15, 0.2) is 22.6 Å². The van der Waals surface area contributed by atoms with E-state index >= 15 is 0 Å². The van der Waals surface area contributed by atoms with Crippen molar-refractivity contribution < 1.29 is 4.42 Å². The van der Waals surface area contributed by atoms with E-state index in [1.165, 1.54) is 31.6 Å². The fourth-order valence-corrected chi connectivity index (χ4v) is 2.28. The highest BCUT2D eigenvalue weighted by Gasteiger charge is 2.13. The topological polar surface area (TPSA) is 29.3 Å². The number of oxazole rings is 1. The maximum atomic E-state index is 5.68. The molecule has 3 rings (SSSR count). The Morgan fingerprint density at radius 1 is 1.31 bits per heavy atom. The number of benzene rings is 1. The van der Waals surface area contributed by atoms with Crippen molar-refractivity contribution in [2.24, 2.45) is 0 Å². The molecule has 1 saturated heterocycles. The fraction of sp³-hybridized carbons (Fsp3) is 0.462. The number of nitrogens with zero attached hydrogens (tertiary/aromatic N) is 2. The van der Waals surface area contributed by atoms with Crippen LogP contribution in [0, 0.1) is 0 Å². The van der Waals surface area contributed by atoms with Crippen molar-refractivity contribution in [1.29, 1.82) is 0 Å². The second kappa shape index (κ2) is 3.81. The summed E-state index contributed by atoms with van der Waals surface area (Å²) in [6.45, 7) is 4.40. The van der Waals surface area contributed by atoms with Crippen molar-refractivity contribution in [2.75, 3.05) is 18.0 Å². The van der Waals surface area contributed by atoms with Crippen molar-refractivity contribution in [3.63, 3.8) is 0 Å². The van der Waals surface area contributed by atoms with Gasteiger partial charge in [-0.05, 0) is 25.0 Å². The lowest BCUT2D eigenvalue weighted by Crippen LogP contribution is -2.17. The first-order valence-corrected chi connectivity index (χ1v) is 6.01. The third-order valence-corrected chi connectivity index (χ3v) is 3.19. The van der Waals surface area contributed by atoms with Crippen molar-refractivity contribution in [2.45, 2.75) is 26.2 Å². The summed E-state index contributed by atoms with van der Waals surface area (Å²) in [6, 6.07) is 6.33. The number of hydrogen-bond acceptors (Lipinski definition) is 3. The lowest BCUT2D eigenvalue weighted by molar-refractivity contribution is 0.538. The quantitative estimate of drug-likeness (QED) is 0.772. The van der Waals surface area contributed by atoms with Gasteiger partial charge < -0.3 is 9.32 Å². The third kappa shape index (κ3) is 1.56. The summed E-state index contributed by atoms with van der Waals surface area (Å²) in [4.78, 5) is 6.82. The number of hydrogen-bond donors (Lipinski definition) is 0. The van der Waals surface area contributed by atoms with Crippen molar-refractivity contribution in [1.82, 2.24) is 4.98 Å². The highest BCUT2D eigenvalue weighted by Crippen LogP contribution is 2.25. The van der Waals surface area contributed by atoms with Gasteiger partial charge >= 0.3 is 0 Å². The van der Waals surface area contributed by atoms with Gasteiger partial charge in [-0.3, -0.25) is 0 Å². The molecule has 16 heavy (non-hydrogen) atoms. The smallest absolute Gasteiger partial charge is 0.195 e. The SMILES string of the molecule is CCc1nc2ccc(N3CCCC3)cc2o1. The molecule has 0 unspecified atom stereocenters. The van der Waals surface area contributed by atoms with Gasteiger partial charge in [-0.2, -0.15) is 0 Å². The van der Waals surface area contributed by atoms with Crippen LogP contribution in [0.1, 0.15) is 25.7 Å². The van der Waals surface area contributed by atoms with E-state index in [2.05, 4.69) is 35.0 Å². The molecular formula is C13H16N2O. The Kier molecular flexibility index (Phi) is 2.31. The highest BCUT2D eigenvalue weighted by molar-refractivity contribution is 5.77. The molecule has 3 heteroatoms. The zero-order chi connectivity index (χ0) is 11.0. The molecule has 2 heterocycles. The monoisotopic (exact) mass is 216 g/mol. The van der Waals surface area contributed by atoms with Crippen LogP contribution in [-0.4, -0.2) is 18.1 Å². The van der Waals surface area contributed by atoms with Crippen LogP contribution in [0.5, 0.6) is 0 Å². The number of fused-ring (bicyclic) bond motifs is 1. The van der Waals surface area contributed by atoms with Gasteiger partial charge in [0, 0.05) is 31.3 Å². The predicted molar refractivity (Wildman–Crippen MR) is 64.8 cm³/mol. The molecule has 1 aliphatic rings. The molecule has 0 saturated carbocycles. The Hall–Kier alpha value is -1.51. The van der Waals surface area contributed by atoms with Crippen LogP contribution < -0.4 is 4.90 Å². The molecule has 0 amide bonds. The van der Waals surface area contributed by atoms with Crippen molar-refractivity contribution >= 4 is 16.8 Å². The minimum Gasteiger partial charge on any atom is -0.441 e. The number of anilines is 1. The lowest BCUT2D eigenvalue weighted by atomic mass is 10.2. The molecule has 1 aromatic heterocycles. The van der Waals surface area contributed by atoms with Gasteiger partial charge in [-0.1, -0.05) is 6.92 Å². The van der Waals surface area contributed by atoms with Gasteiger partial charge in [0.25, 0.3) is 0 Å². The number of aromatic nitrogens is 1. The first-order chi connectivity index (χ1) is 7.86. The van der Waals surface area contributed by atoms with Gasteiger partial charge in [-0.15, -0.1) is 0 Å². The van der Waals surface area contributed by atoms with E-state index in [1.807, 2.05) is 0 Å². The molecule has 0 aliphatic carbocycles. The van der Waals surface area contributed by atoms with Gasteiger partial charge in [0.05, 0.1) is 0 Å². The van der Waals surface area contributed by atoms with E-state index in [0.29, 0.717) is 0 Å². The molecule has 0 spiro atoms. The predicted octanol–water partition coefficient (Wildman–Crippen LogP) is 2.99. The normalized spacial score (nSPS) is 16.2. The Bertz CT molecular complexity index is 498. The van der Waals surface area contributed by atoms with Gasteiger partial charge in [0.1, 0.15) is 5.52 Å². The summed E-state index contributed by atoms with van der Waals surface area (Å²) in [5.74, 6) is 0.827. The van der Waals surface area contributed by atoms with Gasteiger partial charge in [-0.25, -0.2) is 4.98 Å². The lowest BCUT2D eigenvalue weighted by Gasteiger charge is -2.16. The van der Waals surface area contributed by atoms with E-state index in [4.69, 9.17) is 4.42 Å². The molecule has 1 fully saturated rings. The second-order valence-corrected chi connectivity index (χ2v) is 4.31. The third-order valence-electron chi connectivity index (χ3n) is 3.19. The van der Waals surface area contributed by atoms with Crippen molar-refractivity contribution in [3.8, 4) is 0 Å². The largest absolute Gasteiger partial charge is 0.441 e. The van der Waals surface area contributed by atoms with E-state index in [-0.39, 0.29) is 0 Å². The zero-order valence-electron chi connectivity index (χ0n) is 9.57. The second-order valence-electron chi connectivity index (χ2n) is 4.31. The maximum Gasteiger partial charge on any atom is 0.195 e. The van der Waals surface area contributed by atoms with Crippen LogP contribution >= 0.6 is 0 Å². The summed E-state index contributed by atoms with van der Waals surface area (Å²) < 4.78 is 5.68. The maximum absolute atomic E-state index is 5.68. The summed E-state index contributed by atoms with van der Waals surface area (Å²) in [5.41, 5.74) is 3.16. The number of rotatable bonds is 2. The van der Waals surface area contributed by atoms with Crippen LogP contribution in [0.2, 0.25) is 0 Å².